The summed E-state index contributed by atoms with van der Waals surface area (Å²) in [5.41, 5.74) is 3.77. The van der Waals surface area contributed by atoms with E-state index in [9.17, 15) is 4.79 Å². The molecule has 0 aliphatic carbocycles. The molecule has 0 spiro atoms. The first-order valence-electron chi connectivity index (χ1n) is 6.48. The second-order valence-corrected chi connectivity index (χ2v) is 4.71. The van der Waals surface area contributed by atoms with Crippen molar-refractivity contribution < 1.29 is 9.53 Å². The van der Waals surface area contributed by atoms with E-state index in [1.807, 2.05) is 44.2 Å². The van der Waals surface area contributed by atoms with Crippen LogP contribution in [0.15, 0.2) is 42.5 Å². The average Bonchev–Trinajstić information content (AvgIpc) is 2.41. The van der Waals surface area contributed by atoms with Crippen LogP contribution in [0.1, 0.15) is 34.0 Å². The molecule has 0 radical (unpaired) electrons. The number of benzene rings is 2. The highest BCUT2D eigenvalue weighted by atomic mass is 16.5. The average molecular weight is 254 g/mol. The first kappa shape index (κ1) is 13.3. The van der Waals surface area contributed by atoms with Crippen LogP contribution < -0.4 is 4.74 Å². The molecule has 0 unspecified atom stereocenters. The van der Waals surface area contributed by atoms with Gasteiger partial charge < -0.3 is 4.74 Å². The van der Waals surface area contributed by atoms with Crippen LogP contribution in [0, 0.1) is 13.8 Å². The lowest BCUT2D eigenvalue weighted by Gasteiger charge is -2.09. The van der Waals surface area contributed by atoms with E-state index < -0.39 is 0 Å². The molecule has 0 N–H and O–H groups in total. The van der Waals surface area contributed by atoms with Crippen LogP contribution in [-0.2, 0) is 6.42 Å². The van der Waals surface area contributed by atoms with Gasteiger partial charge in [0, 0.05) is 0 Å². The predicted molar refractivity (Wildman–Crippen MR) is 76.7 cm³/mol. The smallest absolute Gasteiger partial charge is 0.343 e. The van der Waals surface area contributed by atoms with Crippen molar-refractivity contribution in [1.29, 1.82) is 0 Å². The summed E-state index contributed by atoms with van der Waals surface area (Å²) < 4.78 is 5.49. The zero-order valence-electron chi connectivity index (χ0n) is 11.6. The third kappa shape index (κ3) is 3.22. The quantitative estimate of drug-likeness (QED) is 0.609. The topological polar surface area (TPSA) is 26.3 Å². The van der Waals surface area contributed by atoms with Crippen molar-refractivity contribution in [2.75, 3.05) is 0 Å². The second-order valence-electron chi connectivity index (χ2n) is 4.71. The molecule has 2 aromatic rings. The molecule has 2 rings (SSSR count). The van der Waals surface area contributed by atoms with Gasteiger partial charge in [-0.3, -0.25) is 0 Å². The van der Waals surface area contributed by atoms with Gasteiger partial charge >= 0.3 is 5.97 Å². The van der Waals surface area contributed by atoms with Crippen LogP contribution in [0.3, 0.4) is 0 Å². The van der Waals surface area contributed by atoms with E-state index in [1.54, 1.807) is 6.07 Å². The molecule has 19 heavy (non-hydrogen) atoms. The van der Waals surface area contributed by atoms with Crippen LogP contribution in [0.2, 0.25) is 0 Å². The maximum Gasteiger partial charge on any atom is 0.343 e. The Morgan fingerprint density at radius 2 is 1.89 bits per heavy atom. The highest BCUT2D eigenvalue weighted by Crippen LogP contribution is 2.21. The number of rotatable bonds is 3. The third-order valence-corrected chi connectivity index (χ3v) is 3.12. The molecule has 0 aromatic heterocycles. The number of aryl methyl sites for hydroxylation is 3. The normalized spacial score (nSPS) is 10.3. The van der Waals surface area contributed by atoms with Crippen molar-refractivity contribution >= 4 is 5.97 Å². The Kier molecular flexibility index (Phi) is 4.00. The van der Waals surface area contributed by atoms with E-state index in [0.29, 0.717) is 11.3 Å². The molecule has 0 atom stereocenters. The third-order valence-electron chi connectivity index (χ3n) is 3.12. The highest BCUT2D eigenvalue weighted by Gasteiger charge is 2.10. The first-order chi connectivity index (χ1) is 9.10. The molecular formula is C17H18O2. The van der Waals surface area contributed by atoms with Gasteiger partial charge in [0.2, 0.25) is 0 Å². The lowest BCUT2D eigenvalue weighted by molar-refractivity contribution is 0.0733. The Bertz CT molecular complexity index is 600. The van der Waals surface area contributed by atoms with Crippen LogP contribution >= 0.6 is 0 Å². The maximum atomic E-state index is 12.1. The zero-order chi connectivity index (χ0) is 13.8. The van der Waals surface area contributed by atoms with Gasteiger partial charge in [0.1, 0.15) is 5.75 Å². The lowest BCUT2D eigenvalue weighted by atomic mass is 10.1. The van der Waals surface area contributed by atoms with E-state index in [1.165, 1.54) is 0 Å². The fraction of sp³-hybridized carbons (Fsp3) is 0.235. The first-order valence-corrected chi connectivity index (χ1v) is 6.48. The van der Waals surface area contributed by atoms with Crippen molar-refractivity contribution in [2.45, 2.75) is 27.2 Å². The van der Waals surface area contributed by atoms with Gasteiger partial charge in [-0.15, -0.1) is 0 Å². The fourth-order valence-corrected chi connectivity index (χ4v) is 1.91. The largest absolute Gasteiger partial charge is 0.423 e. The van der Waals surface area contributed by atoms with E-state index in [4.69, 9.17) is 4.74 Å². The molecule has 0 fully saturated rings. The summed E-state index contributed by atoms with van der Waals surface area (Å²) in [5, 5.41) is 0. The molecule has 2 heteroatoms. The van der Waals surface area contributed by atoms with Gasteiger partial charge in [0.25, 0.3) is 0 Å². The zero-order valence-corrected chi connectivity index (χ0v) is 11.6. The number of carbonyl (C=O) groups is 1. The van der Waals surface area contributed by atoms with Crippen LogP contribution in [0.4, 0.5) is 0 Å². The molecule has 0 amide bonds. The lowest BCUT2D eigenvalue weighted by Crippen LogP contribution is -2.09. The molecule has 0 heterocycles. The molecule has 0 aliphatic rings. The SMILES string of the molecule is CCc1ccc(C)c(OC(=O)c2cccc(C)c2)c1. The summed E-state index contributed by atoms with van der Waals surface area (Å²) >= 11 is 0. The van der Waals surface area contributed by atoms with Crippen molar-refractivity contribution in [3.8, 4) is 5.75 Å². The Morgan fingerprint density at radius 3 is 2.58 bits per heavy atom. The van der Waals surface area contributed by atoms with Gasteiger partial charge in [-0.05, 0) is 49.6 Å². The molecule has 0 bridgehead atoms. The number of esters is 1. The summed E-state index contributed by atoms with van der Waals surface area (Å²) in [4.78, 5) is 12.1. The van der Waals surface area contributed by atoms with Gasteiger partial charge in [-0.2, -0.15) is 0 Å². The van der Waals surface area contributed by atoms with Crippen molar-refractivity contribution in [3.63, 3.8) is 0 Å². The maximum absolute atomic E-state index is 12.1. The standard InChI is InChI=1S/C17H18O2/c1-4-14-9-8-13(3)16(11-14)19-17(18)15-7-5-6-12(2)10-15/h5-11H,4H2,1-3H3. The second kappa shape index (κ2) is 5.70. The summed E-state index contributed by atoms with van der Waals surface area (Å²) in [5.74, 6) is 0.339. The van der Waals surface area contributed by atoms with Crippen LogP contribution in [-0.4, -0.2) is 5.97 Å². The Balaban J connectivity index is 2.23. The molecule has 2 nitrogen and oxygen atoms in total. The Morgan fingerprint density at radius 1 is 1.11 bits per heavy atom. The molecule has 0 saturated carbocycles. The van der Waals surface area contributed by atoms with Gasteiger partial charge in [0.05, 0.1) is 5.56 Å². The number of ether oxygens (including phenoxy) is 1. The van der Waals surface area contributed by atoms with Gasteiger partial charge in [-0.1, -0.05) is 36.8 Å². The summed E-state index contributed by atoms with van der Waals surface area (Å²) in [6.07, 6.45) is 0.926. The molecule has 2 aromatic carbocycles. The van der Waals surface area contributed by atoms with E-state index in [0.717, 1.165) is 23.1 Å². The van der Waals surface area contributed by atoms with Crippen LogP contribution in [0.25, 0.3) is 0 Å². The number of carbonyl (C=O) groups excluding carboxylic acids is 1. The number of hydrogen-bond donors (Lipinski definition) is 0. The van der Waals surface area contributed by atoms with Gasteiger partial charge in [-0.25, -0.2) is 4.79 Å². The Labute approximate surface area is 114 Å². The minimum Gasteiger partial charge on any atom is -0.423 e. The minimum absolute atomic E-state index is 0.306. The van der Waals surface area contributed by atoms with Crippen molar-refractivity contribution in [3.05, 3.63) is 64.7 Å². The monoisotopic (exact) mass is 254 g/mol. The molecular weight excluding hydrogens is 236 g/mol. The highest BCUT2D eigenvalue weighted by molar-refractivity contribution is 5.91. The summed E-state index contributed by atoms with van der Waals surface area (Å²) in [6.45, 7) is 5.98. The molecule has 98 valence electrons. The van der Waals surface area contributed by atoms with Crippen LogP contribution in [0.5, 0.6) is 5.75 Å². The fourth-order valence-electron chi connectivity index (χ4n) is 1.91. The summed E-state index contributed by atoms with van der Waals surface area (Å²) in [7, 11) is 0. The minimum atomic E-state index is -0.306. The van der Waals surface area contributed by atoms with Crippen molar-refractivity contribution in [1.82, 2.24) is 0 Å². The van der Waals surface area contributed by atoms with Crippen molar-refractivity contribution in [2.24, 2.45) is 0 Å². The predicted octanol–water partition coefficient (Wildman–Crippen LogP) is 4.09. The summed E-state index contributed by atoms with van der Waals surface area (Å²) in [6, 6.07) is 13.4. The molecule has 0 aliphatic heterocycles. The van der Waals surface area contributed by atoms with E-state index >= 15 is 0 Å². The van der Waals surface area contributed by atoms with E-state index in [2.05, 4.69) is 13.0 Å². The number of hydrogen-bond acceptors (Lipinski definition) is 2. The molecule has 0 saturated heterocycles. The van der Waals surface area contributed by atoms with E-state index in [-0.39, 0.29) is 5.97 Å². The Hall–Kier alpha value is -2.09. The van der Waals surface area contributed by atoms with Gasteiger partial charge in [0.15, 0.2) is 0 Å².